The van der Waals surface area contributed by atoms with Gasteiger partial charge < -0.3 is 29.9 Å². The van der Waals surface area contributed by atoms with Crippen molar-refractivity contribution in [3.8, 4) is 5.75 Å². The molecule has 0 radical (unpaired) electrons. The summed E-state index contributed by atoms with van der Waals surface area (Å²) >= 11 is 0. The molecule has 232 valence electrons. The van der Waals surface area contributed by atoms with Crippen molar-refractivity contribution in [2.24, 2.45) is 0 Å². The van der Waals surface area contributed by atoms with E-state index in [0.29, 0.717) is 47.4 Å². The van der Waals surface area contributed by atoms with Crippen molar-refractivity contribution in [1.29, 1.82) is 0 Å². The number of amides is 2. The third-order valence-electron chi connectivity index (χ3n) is 8.10. The number of methoxy groups -OCH3 is 1. The standard InChI is InChI=1S/C33H41N7O4/c1-6-14-33(15-7-2)26-22-34-31(36-27-13-12-24(21-28(27)43-5)39-18-16-38(4)17-19-39)37-30(26)40(32(42)44-33)25-11-9-10-23(20-25)35-29(41)8-3/h8-13,20-22H,3,6-7,14-19H2,1-2,4-5H3,(H,35,41)(H,34,36,37). The highest BCUT2D eigenvalue weighted by Gasteiger charge is 2.46. The summed E-state index contributed by atoms with van der Waals surface area (Å²) in [5.41, 5.74) is 2.70. The lowest BCUT2D eigenvalue weighted by atomic mass is 9.84. The van der Waals surface area contributed by atoms with Gasteiger partial charge in [0.2, 0.25) is 11.9 Å². The first kappa shape index (κ1) is 30.8. The van der Waals surface area contributed by atoms with E-state index in [9.17, 15) is 9.59 Å². The van der Waals surface area contributed by atoms with Crippen molar-refractivity contribution >= 4 is 46.5 Å². The fraction of sp³-hybridized carbons (Fsp3) is 0.394. The van der Waals surface area contributed by atoms with Crippen LogP contribution in [0.3, 0.4) is 0 Å². The summed E-state index contributed by atoms with van der Waals surface area (Å²) in [5, 5.41) is 6.07. The predicted molar refractivity (Wildman–Crippen MR) is 173 cm³/mol. The van der Waals surface area contributed by atoms with Crippen molar-refractivity contribution in [3.63, 3.8) is 0 Å². The normalized spacial score (nSPS) is 16.1. The van der Waals surface area contributed by atoms with Crippen LogP contribution in [-0.2, 0) is 15.1 Å². The number of benzene rings is 2. The second-order valence-electron chi connectivity index (χ2n) is 11.2. The van der Waals surface area contributed by atoms with E-state index < -0.39 is 11.7 Å². The zero-order valence-corrected chi connectivity index (χ0v) is 25.9. The van der Waals surface area contributed by atoms with Gasteiger partial charge in [0.05, 0.1) is 24.0 Å². The number of likely N-dealkylation sites (N-methyl/N-ethyl adjacent to an activating group) is 1. The molecule has 1 fully saturated rings. The molecule has 2 amide bonds. The molecule has 2 N–H and O–H groups in total. The Labute approximate surface area is 258 Å². The van der Waals surface area contributed by atoms with Gasteiger partial charge in [0, 0.05) is 49.8 Å². The summed E-state index contributed by atoms with van der Waals surface area (Å²) < 4.78 is 12.0. The molecule has 1 saturated heterocycles. The first-order valence-electron chi connectivity index (χ1n) is 15.1. The van der Waals surface area contributed by atoms with E-state index in [4.69, 9.17) is 14.5 Å². The van der Waals surface area contributed by atoms with Gasteiger partial charge >= 0.3 is 6.09 Å². The van der Waals surface area contributed by atoms with Crippen LogP contribution in [0.2, 0.25) is 0 Å². The number of hydrogen-bond acceptors (Lipinski definition) is 9. The van der Waals surface area contributed by atoms with Gasteiger partial charge in [-0.2, -0.15) is 4.98 Å². The highest BCUT2D eigenvalue weighted by Crippen LogP contribution is 2.47. The van der Waals surface area contributed by atoms with Gasteiger partial charge in [-0.05, 0) is 56.3 Å². The van der Waals surface area contributed by atoms with Crippen molar-refractivity contribution in [2.75, 3.05) is 60.8 Å². The monoisotopic (exact) mass is 599 g/mol. The Balaban J connectivity index is 1.54. The second-order valence-corrected chi connectivity index (χ2v) is 11.2. The maximum Gasteiger partial charge on any atom is 0.421 e. The van der Waals surface area contributed by atoms with Crippen molar-refractivity contribution in [1.82, 2.24) is 14.9 Å². The van der Waals surface area contributed by atoms with Gasteiger partial charge in [0.1, 0.15) is 11.4 Å². The molecule has 0 spiro atoms. The lowest BCUT2D eigenvalue weighted by Gasteiger charge is -2.41. The van der Waals surface area contributed by atoms with Crippen LogP contribution in [0.25, 0.3) is 0 Å². The SMILES string of the molecule is C=CC(=O)Nc1cccc(N2C(=O)OC(CCC)(CCC)c3cnc(Nc4ccc(N5CCN(C)CC5)cc4OC)nc32)c1. The first-order valence-corrected chi connectivity index (χ1v) is 15.1. The number of aromatic nitrogens is 2. The van der Waals surface area contributed by atoms with E-state index in [-0.39, 0.29) is 5.91 Å². The molecule has 3 aromatic rings. The maximum atomic E-state index is 13.8. The van der Waals surface area contributed by atoms with Crippen LogP contribution in [0.5, 0.6) is 5.75 Å². The number of nitrogens with zero attached hydrogens (tertiary/aromatic N) is 5. The summed E-state index contributed by atoms with van der Waals surface area (Å²) in [6.07, 6.45) is 5.31. The molecule has 0 atom stereocenters. The fourth-order valence-corrected chi connectivity index (χ4v) is 5.89. The Kier molecular flexibility index (Phi) is 9.34. The van der Waals surface area contributed by atoms with Gasteiger partial charge in [-0.1, -0.05) is 39.3 Å². The van der Waals surface area contributed by atoms with Gasteiger partial charge in [-0.15, -0.1) is 0 Å². The Morgan fingerprint density at radius 2 is 1.84 bits per heavy atom. The Hall–Kier alpha value is -4.64. The minimum Gasteiger partial charge on any atom is -0.494 e. The number of nitrogens with one attached hydrogen (secondary N) is 2. The quantitative estimate of drug-likeness (QED) is 0.249. The van der Waals surface area contributed by atoms with Gasteiger partial charge in [-0.3, -0.25) is 4.79 Å². The van der Waals surface area contributed by atoms with Crippen LogP contribution >= 0.6 is 0 Å². The molecule has 0 unspecified atom stereocenters. The van der Waals surface area contributed by atoms with E-state index in [0.717, 1.165) is 50.3 Å². The van der Waals surface area contributed by atoms with Crippen LogP contribution in [0.15, 0.2) is 61.3 Å². The molecule has 2 aliphatic rings. The second kappa shape index (κ2) is 13.3. The number of rotatable bonds is 11. The van der Waals surface area contributed by atoms with E-state index in [2.05, 4.69) is 59.0 Å². The summed E-state index contributed by atoms with van der Waals surface area (Å²) in [5.74, 6) is 1.05. The number of hydrogen-bond donors (Lipinski definition) is 2. The lowest BCUT2D eigenvalue weighted by molar-refractivity contribution is -0.111. The van der Waals surface area contributed by atoms with Crippen LogP contribution in [0.4, 0.5) is 39.3 Å². The van der Waals surface area contributed by atoms with Crippen LogP contribution in [0.1, 0.15) is 45.1 Å². The maximum absolute atomic E-state index is 13.8. The van der Waals surface area contributed by atoms with Crippen molar-refractivity contribution in [2.45, 2.75) is 45.1 Å². The molecule has 2 aliphatic heterocycles. The average Bonchev–Trinajstić information content (AvgIpc) is 3.02. The number of piperazine rings is 1. The van der Waals surface area contributed by atoms with Gasteiger partial charge in [0.25, 0.3) is 0 Å². The minimum atomic E-state index is -0.846. The molecule has 11 nitrogen and oxygen atoms in total. The van der Waals surface area contributed by atoms with Crippen molar-refractivity contribution in [3.05, 3.63) is 66.9 Å². The number of anilines is 6. The van der Waals surface area contributed by atoms with Crippen LogP contribution in [-0.4, -0.2) is 67.2 Å². The van der Waals surface area contributed by atoms with Crippen LogP contribution < -0.4 is 25.2 Å². The molecule has 2 aromatic carbocycles. The van der Waals surface area contributed by atoms with Gasteiger partial charge in [0.15, 0.2) is 5.82 Å². The fourth-order valence-electron chi connectivity index (χ4n) is 5.89. The Morgan fingerprint density at radius 3 is 2.52 bits per heavy atom. The topological polar surface area (TPSA) is 112 Å². The van der Waals surface area contributed by atoms with E-state index >= 15 is 0 Å². The smallest absolute Gasteiger partial charge is 0.421 e. The third-order valence-corrected chi connectivity index (χ3v) is 8.10. The zero-order valence-electron chi connectivity index (χ0n) is 25.9. The molecule has 3 heterocycles. The Morgan fingerprint density at radius 1 is 1.09 bits per heavy atom. The third kappa shape index (κ3) is 6.33. The molecule has 0 aliphatic carbocycles. The molecule has 0 saturated carbocycles. The molecule has 0 bridgehead atoms. The van der Waals surface area contributed by atoms with E-state index in [1.807, 2.05) is 12.1 Å². The number of ether oxygens (including phenoxy) is 2. The molecule has 11 heteroatoms. The van der Waals surface area contributed by atoms with Crippen molar-refractivity contribution < 1.29 is 19.1 Å². The number of fused-ring (bicyclic) bond motifs is 1. The number of cyclic esters (lactones) is 1. The number of carbonyl (C=O) groups excluding carboxylic acids is 2. The summed E-state index contributed by atoms with van der Waals surface area (Å²) in [6.45, 7) is 11.6. The molecular formula is C33H41N7O4. The highest BCUT2D eigenvalue weighted by molar-refractivity contribution is 6.01. The first-order chi connectivity index (χ1) is 21.3. The minimum absolute atomic E-state index is 0.312. The lowest BCUT2D eigenvalue weighted by Crippen LogP contribution is -2.45. The van der Waals surface area contributed by atoms with E-state index in [1.165, 1.54) is 11.0 Å². The van der Waals surface area contributed by atoms with Crippen LogP contribution in [0, 0.1) is 0 Å². The molecular weight excluding hydrogens is 558 g/mol. The molecule has 1 aromatic heterocycles. The molecule has 5 rings (SSSR count). The predicted octanol–water partition coefficient (Wildman–Crippen LogP) is 6.19. The highest BCUT2D eigenvalue weighted by atomic mass is 16.6. The molecule has 44 heavy (non-hydrogen) atoms. The number of carbonyl (C=O) groups is 2. The zero-order chi connectivity index (χ0) is 31.3. The summed E-state index contributed by atoms with van der Waals surface area (Å²) in [6, 6.07) is 13.0. The van der Waals surface area contributed by atoms with Gasteiger partial charge in [-0.25, -0.2) is 14.7 Å². The average molecular weight is 600 g/mol. The largest absolute Gasteiger partial charge is 0.494 e. The Bertz CT molecular complexity index is 1510. The summed E-state index contributed by atoms with van der Waals surface area (Å²) in [4.78, 5) is 41.4. The van der Waals surface area contributed by atoms with E-state index in [1.54, 1.807) is 37.6 Å². The summed E-state index contributed by atoms with van der Waals surface area (Å²) in [7, 11) is 3.78.